The second kappa shape index (κ2) is 9.05. The number of carbonyl (C=O) groups is 3. The lowest BCUT2D eigenvalue weighted by atomic mass is 10.1. The van der Waals surface area contributed by atoms with E-state index in [9.17, 15) is 14.4 Å². The molecule has 25 heavy (non-hydrogen) atoms. The Hall–Kier alpha value is -2.57. The largest absolute Gasteiger partial charge is 0.465 e. The lowest BCUT2D eigenvalue weighted by Gasteiger charge is -2.34. The molecule has 1 atom stereocenters. The summed E-state index contributed by atoms with van der Waals surface area (Å²) in [7, 11) is 0. The van der Waals surface area contributed by atoms with Crippen molar-refractivity contribution in [2.45, 2.75) is 26.3 Å². The topological polar surface area (TPSA) is 87.7 Å². The summed E-state index contributed by atoms with van der Waals surface area (Å²) in [6, 6.07) is 8.52. The molecule has 1 aliphatic rings. The Labute approximate surface area is 147 Å². The van der Waals surface area contributed by atoms with Crippen molar-refractivity contribution in [3.63, 3.8) is 0 Å². The molecule has 1 unspecified atom stereocenters. The Morgan fingerprint density at radius 1 is 1.32 bits per heavy atom. The molecule has 0 saturated carbocycles. The minimum Gasteiger partial charge on any atom is -0.465 e. The van der Waals surface area contributed by atoms with Gasteiger partial charge in [0.05, 0.1) is 19.6 Å². The zero-order valence-corrected chi connectivity index (χ0v) is 14.7. The highest BCUT2D eigenvalue weighted by molar-refractivity contribution is 5.93. The van der Waals surface area contributed by atoms with E-state index in [1.165, 1.54) is 4.90 Å². The van der Waals surface area contributed by atoms with Gasteiger partial charge in [0.25, 0.3) is 0 Å². The van der Waals surface area contributed by atoms with Gasteiger partial charge in [-0.2, -0.15) is 0 Å². The van der Waals surface area contributed by atoms with Crippen LogP contribution in [0.1, 0.15) is 20.3 Å². The van der Waals surface area contributed by atoms with Gasteiger partial charge >= 0.3 is 5.97 Å². The summed E-state index contributed by atoms with van der Waals surface area (Å²) in [6.07, 6.45) is -0.129. The van der Waals surface area contributed by atoms with Gasteiger partial charge in [0.1, 0.15) is 6.04 Å². The maximum Gasteiger partial charge on any atom is 0.308 e. The van der Waals surface area contributed by atoms with E-state index in [4.69, 9.17) is 4.74 Å². The quantitative estimate of drug-likeness (QED) is 0.719. The maximum atomic E-state index is 12.5. The summed E-state index contributed by atoms with van der Waals surface area (Å²) in [5.74, 6) is -0.789. The van der Waals surface area contributed by atoms with Crippen molar-refractivity contribution >= 4 is 23.5 Å². The molecule has 136 valence electrons. The van der Waals surface area contributed by atoms with Crippen molar-refractivity contribution in [2.75, 3.05) is 31.6 Å². The minimum atomic E-state index is -0.821. The molecule has 7 heteroatoms. The number of nitrogens with zero attached hydrogens (tertiary/aromatic N) is 1. The van der Waals surface area contributed by atoms with Crippen LogP contribution in [0.5, 0.6) is 0 Å². The number of hydrogen-bond donors (Lipinski definition) is 2. The zero-order valence-electron chi connectivity index (χ0n) is 14.7. The van der Waals surface area contributed by atoms with Crippen LogP contribution in [-0.2, 0) is 19.1 Å². The normalized spacial score (nSPS) is 17.2. The van der Waals surface area contributed by atoms with E-state index >= 15 is 0 Å². The van der Waals surface area contributed by atoms with Gasteiger partial charge in [0, 0.05) is 18.8 Å². The summed E-state index contributed by atoms with van der Waals surface area (Å²) in [4.78, 5) is 38.0. The van der Waals surface area contributed by atoms with Crippen LogP contribution in [-0.4, -0.2) is 55.0 Å². The fourth-order valence-electron chi connectivity index (χ4n) is 2.53. The lowest BCUT2D eigenvalue weighted by Crippen LogP contribution is -2.58. The molecule has 2 rings (SSSR count). The molecule has 1 fully saturated rings. The summed E-state index contributed by atoms with van der Waals surface area (Å²) in [5, 5.41) is 5.73. The fraction of sp³-hybridized carbons (Fsp3) is 0.500. The number of ether oxygens (including phenoxy) is 1. The third-order valence-electron chi connectivity index (χ3n) is 3.81. The van der Waals surface area contributed by atoms with Crippen molar-refractivity contribution in [1.29, 1.82) is 0 Å². The number of benzene rings is 1. The molecule has 1 aromatic carbocycles. The second-order valence-electron chi connectivity index (χ2n) is 6.39. The number of esters is 1. The molecule has 2 amide bonds. The molecule has 0 bridgehead atoms. The molecular formula is C18H25N3O4. The van der Waals surface area contributed by atoms with Gasteiger partial charge in [-0.25, -0.2) is 0 Å². The average Bonchev–Trinajstić information content (AvgIpc) is 2.60. The molecule has 1 heterocycles. The van der Waals surface area contributed by atoms with E-state index in [2.05, 4.69) is 10.6 Å². The number of nitrogens with one attached hydrogen (secondary N) is 2. The molecule has 1 aromatic rings. The number of piperazine rings is 1. The first-order chi connectivity index (χ1) is 12.0. The molecule has 0 aromatic heterocycles. The van der Waals surface area contributed by atoms with Crippen molar-refractivity contribution < 1.29 is 19.1 Å². The molecule has 1 saturated heterocycles. The number of amides is 2. The summed E-state index contributed by atoms with van der Waals surface area (Å²) in [6.45, 7) is 5.00. The van der Waals surface area contributed by atoms with E-state index < -0.39 is 12.0 Å². The first kappa shape index (κ1) is 18.8. The van der Waals surface area contributed by atoms with E-state index in [1.54, 1.807) is 0 Å². The highest BCUT2D eigenvalue weighted by Crippen LogP contribution is 2.12. The van der Waals surface area contributed by atoms with Crippen molar-refractivity contribution in [2.24, 2.45) is 5.92 Å². The fourth-order valence-corrected chi connectivity index (χ4v) is 2.53. The predicted molar refractivity (Wildman–Crippen MR) is 93.9 cm³/mol. The van der Waals surface area contributed by atoms with Crippen LogP contribution in [0.4, 0.5) is 5.69 Å². The van der Waals surface area contributed by atoms with E-state index in [0.717, 1.165) is 5.69 Å². The van der Waals surface area contributed by atoms with Gasteiger partial charge in [0.2, 0.25) is 11.8 Å². The number of hydrogen-bond acceptors (Lipinski definition) is 5. The average molecular weight is 347 g/mol. The summed E-state index contributed by atoms with van der Waals surface area (Å²) < 4.78 is 5.14. The van der Waals surface area contributed by atoms with Gasteiger partial charge in [0.15, 0.2) is 0 Å². The number of para-hydroxylation sites is 1. The SMILES string of the molecule is CC(C)COC(=O)CC1C(=O)NCCN1C(=O)CNc1ccccc1. The monoisotopic (exact) mass is 347 g/mol. The van der Waals surface area contributed by atoms with Crippen LogP contribution in [0, 0.1) is 5.92 Å². The van der Waals surface area contributed by atoms with Gasteiger partial charge < -0.3 is 20.3 Å². The molecule has 7 nitrogen and oxygen atoms in total. The third kappa shape index (κ3) is 5.77. The van der Waals surface area contributed by atoms with Crippen LogP contribution in [0.2, 0.25) is 0 Å². The van der Waals surface area contributed by atoms with E-state index in [-0.39, 0.29) is 30.7 Å². The Morgan fingerprint density at radius 2 is 2.04 bits per heavy atom. The smallest absolute Gasteiger partial charge is 0.308 e. The molecule has 0 spiro atoms. The van der Waals surface area contributed by atoms with Gasteiger partial charge in [-0.15, -0.1) is 0 Å². The first-order valence-electron chi connectivity index (χ1n) is 8.49. The molecular weight excluding hydrogens is 322 g/mol. The first-order valence-corrected chi connectivity index (χ1v) is 8.49. The van der Waals surface area contributed by atoms with Crippen LogP contribution in [0.25, 0.3) is 0 Å². The van der Waals surface area contributed by atoms with Crippen LogP contribution >= 0.6 is 0 Å². The summed E-state index contributed by atoms with van der Waals surface area (Å²) in [5.41, 5.74) is 0.824. The number of anilines is 1. The Kier molecular flexibility index (Phi) is 6.80. The lowest BCUT2D eigenvalue weighted by molar-refractivity contribution is -0.152. The van der Waals surface area contributed by atoms with E-state index in [0.29, 0.717) is 19.7 Å². The maximum absolute atomic E-state index is 12.5. The van der Waals surface area contributed by atoms with Gasteiger partial charge in [-0.1, -0.05) is 32.0 Å². The van der Waals surface area contributed by atoms with Crippen LogP contribution in [0.3, 0.4) is 0 Å². The molecule has 2 N–H and O–H groups in total. The Bertz CT molecular complexity index is 604. The number of carbonyl (C=O) groups excluding carboxylic acids is 3. The Morgan fingerprint density at radius 3 is 2.72 bits per heavy atom. The molecule has 1 aliphatic heterocycles. The second-order valence-corrected chi connectivity index (χ2v) is 6.39. The van der Waals surface area contributed by atoms with Gasteiger partial charge in [-0.3, -0.25) is 14.4 Å². The van der Waals surface area contributed by atoms with Crippen molar-refractivity contribution in [3.8, 4) is 0 Å². The zero-order chi connectivity index (χ0) is 18.2. The highest BCUT2D eigenvalue weighted by atomic mass is 16.5. The highest BCUT2D eigenvalue weighted by Gasteiger charge is 2.34. The van der Waals surface area contributed by atoms with Crippen LogP contribution in [0.15, 0.2) is 30.3 Å². The minimum absolute atomic E-state index is 0.0643. The molecule has 0 aliphatic carbocycles. The third-order valence-corrected chi connectivity index (χ3v) is 3.81. The Balaban J connectivity index is 1.94. The van der Waals surface area contributed by atoms with E-state index in [1.807, 2.05) is 44.2 Å². The molecule has 0 radical (unpaired) electrons. The van der Waals surface area contributed by atoms with Crippen LogP contribution < -0.4 is 10.6 Å². The summed E-state index contributed by atoms with van der Waals surface area (Å²) >= 11 is 0. The van der Waals surface area contributed by atoms with Gasteiger partial charge in [-0.05, 0) is 18.1 Å². The number of rotatable bonds is 7. The van der Waals surface area contributed by atoms with Crippen molar-refractivity contribution in [3.05, 3.63) is 30.3 Å². The standard InChI is InChI=1S/C18H25N3O4/c1-13(2)12-25-17(23)10-15-18(24)19-8-9-21(15)16(22)11-20-14-6-4-3-5-7-14/h3-7,13,15,20H,8-12H2,1-2H3,(H,19,24). The predicted octanol–water partition coefficient (Wildman–Crippen LogP) is 1.01. The van der Waals surface area contributed by atoms with Crippen molar-refractivity contribution in [1.82, 2.24) is 10.2 Å².